The van der Waals surface area contributed by atoms with E-state index in [0.29, 0.717) is 12.1 Å². The lowest BCUT2D eigenvalue weighted by molar-refractivity contribution is 0.102. The van der Waals surface area contributed by atoms with Crippen LogP contribution in [0.25, 0.3) is 0 Å². The van der Waals surface area contributed by atoms with Gasteiger partial charge in [0.25, 0.3) is 5.91 Å². The van der Waals surface area contributed by atoms with Gasteiger partial charge in [-0.1, -0.05) is 24.6 Å². The molecule has 1 fully saturated rings. The molecule has 2 N–H and O–H groups in total. The Morgan fingerprint density at radius 2 is 1.79 bits per heavy atom. The Bertz CT molecular complexity index is 792. The maximum atomic E-state index is 12.6. The number of rotatable bonds is 6. The molecule has 0 spiro atoms. The molecule has 1 aliphatic heterocycles. The van der Waals surface area contributed by atoms with E-state index in [1.807, 2.05) is 44.2 Å². The molecule has 1 aliphatic rings. The van der Waals surface area contributed by atoms with Crippen molar-refractivity contribution in [3.8, 4) is 0 Å². The lowest BCUT2D eigenvalue weighted by Gasteiger charge is -2.35. The largest absolute Gasteiger partial charge is 0.371 e. The second-order valence-corrected chi connectivity index (χ2v) is 8.06. The second kappa shape index (κ2) is 9.24. The maximum absolute atomic E-state index is 12.6. The van der Waals surface area contributed by atoms with Gasteiger partial charge in [-0.3, -0.25) is 4.79 Å². The van der Waals surface area contributed by atoms with E-state index in [1.165, 1.54) is 30.5 Å². The molecule has 1 heterocycles. The van der Waals surface area contributed by atoms with Gasteiger partial charge in [-0.25, -0.2) is 0 Å². The number of amides is 1. The van der Waals surface area contributed by atoms with Gasteiger partial charge in [0, 0.05) is 42.1 Å². The van der Waals surface area contributed by atoms with Crippen LogP contribution in [0.3, 0.4) is 0 Å². The minimum absolute atomic E-state index is 0.0535. The number of nitrogens with zero attached hydrogens (tertiary/aromatic N) is 1. The van der Waals surface area contributed by atoms with Crippen molar-refractivity contribution in [3.05, 3.63) is 59.2 Å². The summed E-state index contributed by atoms with van der Waals surface area (Å²) in [5.41, 5.74) is 4.96. The number of carbonyl (C=O) groups excluding carboxylic acids is 1. The molecule has 2 aromatic carbocycles. The van der Waals surface area contributed by atoms with Crippen LogP contribution in [0.4, 0.5) is 11.4 Å². The molecule has 1 unspecified atom stereocenters. The fourth-order valence-electron chi connectivity index (χ4n) is 3.85. The molecule has 4 nitrogen and oxygen atoms in total. The van der Waals surface area contributed by atoms with E-state index in [2.05, 4.69) is 41.5 Å². The van der Waals surface area contributed by atoms with Crippen molar-refractivity contribution in [2.24, 2.45) is 0 Å². The van der Waals surface area contributed by atoms with E-state index >= 15 is 0 Å². The summed E-state index contributed by atoms with van der Waals surface area (Å²) in [4.78, 5) is 15.0. The Hall–Kier alpha value is -2.33. The first-order chi connectivity index (χ1) is 13.5. The Morgan fingerprint density at radius 1 is 1.11 bits per heavy atom. The third-order valence-electron chi connectivity index (χ3n) is 5.74. The molecular formula is C24H33N3O. The van der Waals surface area contributed by atoms with Crippen molar-refractivity contribution in [2.45, 2.75) is 59.0 Å². The van der Waals surface area contributed by atoms with Crippen LogP contribution in [-0.2, 0) is 0 Å². The van der Waals surface area contributed by atoms with Crippen LogP contribution in [0, 0.1) is 13.8 Å². The van der Waals surface area contributed by atoms with Crippen LogP contribution >= 0.6 is 0 Å². The van der Waals surface area contributed by atoms with Crippen LogP contribution in [0.5, 0.6) is 0 Å². The van der Waals surface area contributed by atoms with Gasteiger partial charge >= 0.3 is 0 Å². The highest BCUT2D eigenvalue weighted by Crippen LogP contribution is 2.23. The molecule has 2 aromatic rings. The van der Waals surface area contributed by atoms with Gasteiger partial charge in [0.15, 0.2) is 0 Å². The number of carbonyl (C=O) groups is 1. The van der Waals surface area contributed by atoms with Gasteiger partial charge in [0.1, 0.15) is 0 Å². The highest BCUT2D eigenvalue weighted by atomic mass is 16.1. The zero-order valence-corrected chi connectivity index (χ0v) is 17.6. The quantitative estimate of drug-likeness (QED) is 0.749. The molecule has 0 aliphatic carbocycles. The van der Waals surface area contributed by atoms with Crippen molar-refractivity contribution >= 4 is 17.3 Å². The highest BCUT2D eigenvalue weighted by Gasteiger charge is 2.20. The first-order valence-electron chi connectivity index (χ1n) is 10.5. The van der Waals surface area contributed by atoms with Gasteiger partial charge in [-0.15, -0.1) is 0 Å². The van der Waals surface area contributed by atoms with E-state index < -0.39 is 0 Å². The summed E-state index contributed by atoms with van der Waals surface area (Å²) < 4.78 is 0. The number of aryl methyl sites for hydroxylation is 2. The van der Waals surface area contributed by atoms with Gasteiger partial charge in [0.2, 0.25) is 0 Å². The fraction of sp³-hybridized carbons (Fsp3) is 0.458. The van der Waals surface area contributed by atoms with Crippen molar-refractivity contribution in [1.29, 1.82) is 0 Å². The van der Waals surface area contributed by atoms with Gasteiger partial charge in [0.05, 0.1) is 0 Å². The van der Waals surface area contributed by atoms with Crippen LogP contribution in [-0.4, -0.2) is 31.1 Å². The molecule has 0 aromatic heterocycles. The van der Waals surface area contributed by atoms with Crippen LogP contribution in [0.1, 0.15) is 54.6 Å². The number of piperidine rings is 1. The summed E-state index contributed by atoms with van der Waals surface area (Å²) >= 11 is 0. The normalized spacial score (nSPS) is 16.1. The monoisotopic (exact) mass is 379 g/mol. The average molecular weight is 380 g/mol. The van der Waals surface area contributed by atoms with Gasteiger partial charge in [-0.05, 0) is 75.9 Å². The molecule has 0 radical (unpaired) electrons. The smallest absolute Gasteiger partial charge is 0.255 e. The third kappa shape index (κ3) is 5.14. The zero-order valence-electron chi connectivity index (χ0n) is 17.6. The molecule has 0 saturated carbocycles. The molecule has 1 atom stereocenters. The number of anilines is 2. The summed E-state index contributed by atoms with van der Waals surface area (Å²) in [6, 6.07) is 15.4. The lowest BCUT2D eigenvalue weighted by Crippen LogP contribution is -2.45. The number of hydrogen-bond donors (Lipinski definition) is 2. The Labute approximate surface area is 169 Å². The molecule has 3 rings (SSSR count). The van der Waals surface area contributed by atoms with Crippen LogP contribution in [0.15, 0.2) is 42.5 Å². The number of benzene rings is 2. The first-order valence-corrected chi connectivity index (χ1v) is 10.5. The third-order valence-corrected chi connectivity index (χ3v) is 5.74. The predicted molar refractivity (Wildman–Crippen MR) is 118 cm³/mol. The molecule has 1 amide bonds. The van der Waals surface area contributed by atoms with Crippen LogP contribution in [0.2, 0.25) is 0 Å². The molecule has 28 heavy (non-hydrogen) atoms. The molecule has 150 valence electrons. The topological polar surface area (TPSA) is 44.4 Å². The standard InChI is InChI=1S/C24H33N3O/c1-5-19(4)25-21-12-14-27(15-13-21)22-9-7-20(8-10-22)26-24(28)23-11-6-17(2)16-18(23)3/h6-11,16,19,21,25H,5,12-15H2,1-4H3,(H,26,28). The Kier molecular flexibility index (Phi) is 6.74. The second-order valence-electron chi connectivity index (χ2n) is 8.06. The summed E-state index contributed by atoms with van der Waals surface area (Å²) in [7, 11) is 0. The summed E-state index contributed by atoms with van der Waals surface area (Å²) in [5.74, 6) is -0.0535. The van der Waals surface area contributed by atoms with E-state index in [9.17, 15) is 4.79 Å². The van der Waals surface area contributed by atoms with Gasteiger partial charge in [-0.2, -0.15) is 0 Å². The first kappa shape index (κ1) is 20.4. The minimum Gasteiger partial charge on any atom is -0.371 e. The highest BCUT2D eigenvalue weighted by molar-refractivity contribution is 6.05. The van der Waals surface area contributed by atoms with Crippen molar-refractivity contribution in [1.82, 2.24) is 5.32 Å². The molecule has 1 saturated heterocycles. The van der Waals surface area contributed by atoms with E-state index in [-0.39, 0.29) is 5.91 Å². The Balaban J connectivity index is 1.56. The predicted octanol–water partition coefficient (Wildman–Crippen LogP) is 4.91. The van der Waals surface area contributed by atoms with E-state index in [0.717, 1.165) is 29.9 Å². The zero-order chi connectivity index (χ0) is 20.1. The molecular weight excluding hydrogens is 346 g/mol. The summed E-state index contributed by atoms with van der Waals surface area (Å²) in [6.45, 7) is 10.6. The molecule has 0 bridgehead atoms. The maximum Gasteiger partial charge on any atom is 0.255 e. The van der Waals surface area contributed by atoms with Crippen LogP contribution < -0.4 is 15.5 Å². The average Bonchev–Trinajstić information content (AvgIpc) is 2.69. The Morgan fingerprint density at radius 3 is 2.39 bits per heavy atom. The fourth-order valence-corrected chi connectivity index (χ4v) is 3.85. The SMILES string of the molecule is CCC(C)NC1CCN(c2ccc(NC(=O)c3ccc(C)cc3C)cc2)CC1. The van der Waals surface area contributed by atoms with Gasteiger partial charge < -0.3 is 15.5 Å². The summed E-state index contributed by atoms with van der Waals surface area (Å²) in [5, 5.41) is 6.74. The van der Waals surface area contributed by atoms with E-state index in [1.54, 1.807) is 0 Å². The van der Waals surface area contributed by atoms with Crippen molar-refractivity contribution in [2.75, 3.05) is 23.3 Å². The minimum atomic E-state index is -0.0535. The van der Waals surface area contributed by atoms with E-state index in [4.69, 9.17) is 0 Å². The van der Waals surface area contributed by atoms with Crippen molar-refractivity contribution in [3.63, 3.8) is 0 Å². The lowest BCUT2D eigenvalue weighted by atomic mass is 10.0. The number of hydrogen-bond acceptors (Lipinski definition) is 3. The number of nitrogens with one attached hydrogen (secondary N) is 2. The van der Waals surface area contributed by atoms with Crippen molar-refractivity contribution < 1.29 is 4.79 Å². The summed E-state index contributed by atoms with van der Waals surface area (Å²) in [6.07, 6.45) is 3.53. The molecule has 4 heteroatoms.